The standard InChI is InChI=1S/C10H14BrN3O/c1-6-3-10(13-5-8(6)11)14-7(2)4-9(12)15/h3,5,7H,4H2,1-2H3,(H2,12,15)(H,13,14). The summed E-state index contributed by atoms with van der Waals surface area (Å²) in [6.07, 6.45) is 2.03. The number of aromatic nitrogens is 1. The van der Waals surface area contributed by atoms with E-state index in [2.05, 4.69) is 26.2 Å². The minimum Gasteiger partial charge on any atom is -0.370 e. The van der Waals surface area contributed by atoms with Crippen molar-refractivity contribution in [1.82, 2.24) is 4.98 Å². The van der Waals surface area contributed by atoms with Crippen LogP contribution in [0, 0.1) is 6.92 Å². The van der Waals surface area contributed by atoms with Crippen LogP contribution in [0.4, 0.5) is 5.82 Å². The maximum Gasteiger partial charge on any atom is 0.219 e. The van der Waals surface area contributed by atoms with Crippen molar-refractivity contribution in [3.63, 3.8) is 0 Å². The summed E-state index contributed by atoms with van der Waals surface area (Å²) in [6, 6.07) is 1.91. The summed E-state index contributed by atoms with van der Waals surface area (Å²) in [5.41, 5.74) is 6.19. The number of anilines is 1. The van der Waals surface area contributed by atoms with Gasteiger partial charge in [0, 0.05) is 23.1 Å². The van der Waals surface area contributed by atoms with Gasteiger partial charge in [0.05, 0.1) is 0 Å². The van der Waals surface area contributed by atoms with Gasteiger partial charge >= 0.3 is 0 Å². The van der Waals surface area contributed by atoms with Crippen molar-refractivity contribution in [2.24, 2.45) is 5.73 Å². The second-order valence-electron chi connectivity index (χ2n) is 3.53. The predicted molar refractivity (Wildman–Crippen MR) is 63.6 cm³/mol. The Balaban J connectivity index is 2.64. The average molecular weight is 272 g/mol. The molecule has 0 saturated carbocycles. The van der Waals surface area contributed by atoms with Crippen LogP contribution in [-0.4, -0.2) is 16.9 Å². The number of pyridine rings is 1. The maximum atomic E-state index is 10.7. The van der Waals surface area contributed by atoms with Crippen molar-refractivity contribution in [3.8, 4) is 0 Å². The quantitative estimate of drug-likeness (QED) is 0.878. The molecular weight excluding hydrogens is 258 g/mol. The molecule has 0 saturated heterocycles. The number of carbonyl (C=O) groups is 1. The Bertz CT molecular complexity index is 368. The van der Waals surface area contributed by atoms with Gasteiger partial charge < -0.3 is 11.1 Å². The molecule has 1 amide bonds. The van der Waals surface area contributed by atoms with Gasteiger partial charge in [0.15, 0.2) is 0 Å². The molecule has 1 aromatic rings. The lowest BCUT2D eigenvalue weighted by molar-refractivity contribution is -0.118. The highest BCUT2D eigenvalue weighted by molar-refractivity contribution is 9.10. The fourth-order valence-electron chi connectivity index (χ4n) is 1.22. The van der Waals surface area contributed by atoms with Gasteiger partial charge in [-0.3, -0.25) is 4.79 Å². The van der Waals surface area contributed by atoms with Crippen LogP contribution < -0.4 is 11.1 Å². The Morgan fingerprint density at radius 3 is 2.93 bits per heavy atom. The molecule has 1 unspecified atom stereocenters. The average Bonchev–Trinajstić information content (AvgIpc) is 2.10. The molecule has 4 nitrogen and oxygen atoms in total. The van der Waals surface area contributed by atoms with Gasteiger partial charge in [-0.05, 0) is 41.4 Å². The SMILES string of the molecule is Cc1cc(NC(C)CC(N)=O)ncc1Br. The summed E-state index contributed by atoms with van der Waals surface area (Å²) in [5.74, 6) is 0.438. The van der Waals surface area contributed by atoms with E-state index in [0.717, 1.165) is 15.9 Å². The Hall–Kier alpha value is -1.10. The van der Waals surface area contributed by atoms with E-state index in [-0.39, 0.29) is 11.9 Å². The second kappa shape index (κ2) is 5.11. The van der Waals surface area contributed by atoms with Gasteiger partial charge in [-0.1, -0.05) is 0 Å². The van der Waals surface area contributed by atoms with E-state index < -0.39 is 0 Å². The van der Waals surface area contributed by atoms with Gasteiger partial charge in [-0.25, -0.2) is 4.98 Å². The Morgan fingerprint density at radius 2 is 2.40 bits per heavy atom. The van der Waals surface area contributed by atoms with Crippen molar-refractivity contribution in [2.75, 3.05) is 5.32 Å². The van der Waals surface area contributed by atoms with Crippen LogP contribution in [0.3, 0.4) is 0 Å². The monoisotopic (exact) mass is 271 g/mol. The topological polar surface area (TPSA) is 68.0 Å². The first-order chi connectivity index (χ1) is 6.99. The van der Waals surface area contributed by atoms with E-state index in [4.69, 9.17) is 5.73 Å². The molecule has 0 aliphatic heterocycles. The first-order valence-electron chi connectivity index (χ1n) is 4.66. The van der Waals surface area contributed by atoms with Crippen molar-refractivity contribution in [2.45, 2.75) is 26.3 Å². The number of aryl methyl sites for hydroxylation is 1. The summed E-state index contributed by atoms with van der Waals surface area (Å²) < 4.78 is 0.968. The van der Waals surface area contributed by atoms with E-state index in [1.165, 1.54) is 0 Å². The molecule has 0 aliphatic rings. The minimum absolute atomic E-state index is 0.00410. The molecular formula is C10H14BrN3O. The molecule has 1 rings (SSSR count). The predicted octanol–water partition coefficient (Wildman–Crippen LogP) is 1.83. The fourth-order valence-corrected chi connectivity index (χ4v) is 1.44. The molecule has 1 heterocycles. The summed E-state index contributed by atoms with van der Waals surface area (Å²) >= 11 is 3.37. The van der Waals surface area contributed by atoms with E-state index in [0.29, 0.717) is 6.42 Å². The number of amides is 1. The normalized spacial score (nSPS) is 12.2. The number of hydrogen-bond donors (Lipinski definition) is 2. The minimum atomic E-state index is -0.316. The van der Waals surface area contributed by atoms with Gasteiger partial charge in [-0.2, -0.15) is 0 Å². The van der Waals surface area contributed by atoms with Gasteiger partial charge in [0.2, 0.25) is 5.91 Å². The third-order valence-electron chi connectivity index (χ3n) is 1.95. The van der Waals surface area contributed by atoms with Crippen molar-refractivity contribution >= 4 is 27.7 Å². The second-order valence-corrected chi connectivity index (χ2v) is 4.39. The number of halogens is 1. The van der Waals surface area contributed by atoms with Crippen LogP contribution >= 0.6 is 15.9 Å². The zero-order valence-corrected chi connectivity index (χ0v) is 10.3. The van der Waals surface area contributed by atoms with Crippen molar-refractivity contribution in [1.29, 1.82) is 0 Å². The van der Waals surface area contributed by atoms with Gasteiger partial charge in [0.25, 0.3) is 0 Å². The number of hydrogen-bond acceptors (Lipinski definition) is 3. The lowest BCUT2D eigenvalue weighted by Crippen LogP contribution is -2.24. The van der Waals surface area contributed by atoms with Crippen molar-refractivity contribution in [3.05, 3.63) is 22.3 Å². The van der Waals surface area contributed by atoms with Crippen LogP contribution in [0.2, 0.25) is 0 Å². The van der Waals surface area contributed by atoms with E-state index in [1.807, 2.05) is 19.9 Å². The first kappa shape index (κ1) is 12.0. The molecule has 0 spiro atoms. The highest BCUT2D eigenvalue weighted by Gasteiger charge is 2.06. The zero-order valence-electron chi connectivity index (χ0n) is 8.75. The summed E-state index contributed by atoms with van der Waals surface area (Å²) in [4.78, 5) is 14.9. The zero-order chi connectivity index (χ0) is 11.4. The Morgan fingerprint density at radius 1 is 1.73 bits per heavy atom. The largest absolute Gasteiger partial charge is 0.370 e. The van der Waals surface area contributed by atoms with Gasteiger partial charge in [-0.15, -0.1) is 0 Å². The number of primary amides is 1. The molecule has 0 fully saturated rings. The number of nitrogens with zero attached hydrogens (tertiary/aromatic N) is 1. The number of carbonyl (C=O) groups excluding carboxylic acids is 1. The van der Waals surface area contributed by atoms with E-state index in [9.17, 15) is 4.79 Å². The third kappa shape index (κ3) is 3.87. The number of nitrogens with one attached hydrogen (secondary N) is 1. The van der Waals surface area contributed by atoms with E-state index >= 15 is 0 Å². The summed E-state index contributed by atoms with van der Waals surface area (Å²) in [6.45, 7) is 3.87. The van der Waals surface area contributed by atoms with Crippen molar-refractivity contribution < 1.29 is 4.79 Å². The summed E-state index contributed by atoms with van der Waals surface area (Å²) in [7, 11) is 0. The van der Waals surface area contributed by atoms with E-state index in [1.54, 1.807) is 6.20 Å². The molecule has 15 heavy (non-hydrogen) atoms. The number of rotatable bonds is 4. The van der Waals surface area contributed by atoms with Crippen LogP contribution in [-0.2, 0) is 4.79 Å². The van der Waals surface area contributed by atoms with Gasteiger partial charge in [0.1, 0.15) is 5.82 Å². The third-order valence-corrected chi connectivity index (χ3v) is 2.78. The molecule has 82 valence electrons. The lowest BCUT2D eigenvalue weighted by atomic mass is 10.2. The Labute approximate surface area is 97.4 Å². The van der Waals surface area contributed by atoms with Crippen LogP contribution in [0.5, 0.6) is 0 Å². The highest BCUT2D eigenvalue weighted by Crippen LogP contribution is 2.17. The molecule has 5 heteroatoms. The molecule has 0 aliphatic carbocycles. The van der Waals surface area contributed by atoms with Crippen LogP contribution in [0.15, 0.2) is 16.7 Å². The highest BCUT2D eigenvalue weighted by atomic mass is 79.9. The maximum absolute atomic E-state index is 10.7. The molecule has 3 N–H and O–H groups in total. The molecule has 0 radical (unpaired) electrons. The smallest absolute Gasteiger partial charge is 0.219 e. The summed E-state index contributed by atoms with van der Waals surface area (Å²) in [5, 5.41) is 3.11. The molecule has 1 aromatic heterocycles. The van der Waals surface area contributed by atoms with Crippen LogP contribution in [0.25, 0.3) is 0 Å². The van der Waals surface area contributed by atoms with Crippen LogP contribution in [0.1, 0.15) is 18.9 Å². The molecule has 0 bridgehead atoms. The number of nitrogens with two attached hydrogens (primary N) is 1. The molecule has 1 atom stereocenters. The Kier molecular flexibility index (Phi) is 4.08. The lowest BCUT2D eigenvalue weighted by Gasteiger charge is -2.13. The molecule has 0 aromatic carbocycles. The fraction of sp³-hybridized carbons (Fsp3) is 0.400. The first-order valence-corrected chi connectivity index (χ1v) is 5.45.